The van der Waals surface area contributed by atoms with E-state index in [0.717, 1.165) is 37.2 Å². The molecule has 0 saturated carbocycles. The first-order chi connectivity index (χ1) is 8.74. The van der Waals surface area contributed by atoms with Crippen LogP contribution in [0.1, 0.15) is 18.4 Å². The first-order valence-electron chi connectivity index (χ1n) is 6.05. The van der Waals surface area contributed by atoms with Crippen LogP contribution in [0, 0.1) is 0 Å². The summed E-state index contributed by atoms with van der Waals surface area (Å²) in [6.45, 7) is 2.36. The van der Waals surface area contributed by atoms with Crippen LogP contribution in [0.25, 0.3) is 0 Å². The summed E-state index contributed by atoms with van der Waals surface area (Å²) in [7, 11) is 0. The lowest BCUT2D eigenvalue weighted by Gasteiger charge is -2.08. The maximum Gasteiger partial charge on any atom is 0.256 e. The van der Waals surface area contributed by atoms with Gasteiger partial charge >= 0.3 is 0 Å². The van der Waals surface area contributed by atoms with Crippen molar-refractivity contribution >= 4 is 11.6 Å². The molecule has 0 atom stereocenters. The molecule has 1 heterocycles. The van der Waals surface area contributed by atoms with Gasteiger partial charge in [0.2, 0.25) is 0 Å². The predicted octanol–water partition coefficient (Wildman–Crippen LogP) is 1.55. The first-order valence-corrected chi connectivity index (χ1v) is 6.05. The lowest BCUT2D eigenvalue weighted by molar-refractivity contribution is 0.359. The smallest absolute Gasteiger partial charge is 0.256 e. The predicted molar refractivity (Wildman–Crippen MR) is 71.8 cm³/mol. The summed E-state index contributed by atoms with van der Waals surface area (Å²) in [6.07, 6.45) is 2.33. The molecule has 1 aliphatic rings. The molecular weight excluding hydrogens is 228 g/mol. The van der Waals surface area contributed by atoms with Crippen molar-refractivity contribution in [2.45, 2.75) is 19.4 Å². The van der Waals surface area contributed by atoms with Gasteiger partial charge in [-0.05, 0) is 30.5 Å². The fourth-order valence-corrected chi connectivity index (χ4v) is 1.85. The van der Waals surface area contributed by atoms with Crippen LogP contribution in [-0.4, -0.2) is 24.1 Å². The molecule has 0 bridgehead atoms. The van der Waals surface area contributed by atoms with Gasteiger partial charge < -0.3 is 11.5 Å². The van der Waals surface area contributed by atoms with Crippen LogP contribution in [0.5, 0.6) is 0 Å². The van der Waals surface area contributed by atoms with Gasteiger partial charge in [-0.15, -0.1) is 10.2 Å². The van der Waals surface area contributed by atoms with Crippen molar-refractivity contribution in [1.82, 2.24) is 5.01 Å². The number of anilines is 1. The number of azo groups is 1. The van der Waals surface area contributed by atoms with E-state index < -0.39 is 0 Å². The Balaban J connectivity index is 1.87. The van der Waals surface area contributed by atoms with Crippen molar-refractivity contribution in [3.8, 4) is 0 Å². The second-order valence-corrected chi connectivity index (χ2v) is 4.26. The Labute approximate surface area is 106 Å². The molecule has 1 aliphatic heterocycles. The van der Waals surface area contributed by atoms with Crippen molar-refractivity contribution < 1.29 is 0 Å². The third-order valence-corrected chi connectivity index (χ3v) is 2.70. The third kappa shape index (κ3) is 3.73. The van der Waals surface area contributed by atoms with E-state index in [1.54, 1.807) is 0 Å². The average molecular weight is 246 g/mol. The number of hydrogen-bond acceptors (Lipinski definition) is 4. The molecule has 0 unspecified atom stereocenters. The SMILES string of the molecule is NC(N=NCc1cccc(N)c1)=NN1CCCC1. The molecule has 4 N–H and O–H groups in total. The Bertz CT molecular complexity index is 448. The van der Waals surface area contributed by atoms with Crippen LogP contribution in [-0.2, 0) is 6.54 Å². The number of benzene rings is 1. The van der Waals surface area contributed by atoms with E-state index >= 15 is 0 Å². The quantitative estimate of drug-likeness (QED) is 0.367. The largest absolute Gasteiger partial charge is 0.399 e. The highest BCUT2D eigenvalue weighted by Crippen LogP contribution is 2.08. The Morgan fingerprint density at radius 1 is 1.28 bits per heavy atom. The highest BCUT2D eigenvalue weighted by molar-refractivity contribution is 5.77. The van der Waals surface area contributed by atoms with Crippen LogP contribution in [0.3, 0.4) is 0 Å². The number of nitrogen functional groups attached to an aromatic ring is 1. The molecule has 0 aliphatic carbocycles. The molecule has 18 heavy (non-hydrogen) atoms. The summed E-state index contributed by atoms with van der Waals surface area (Å²) < 4.78 is 0. The van der Waals surface area contributed by atoms with E-state index in [-0.39, 0.29) is 5.96 Å². The Morgan fingerprint density at radius 3 is 2.78 bits per heavy atom. The standard InChI is InChI=1S/C12H18N6/c13-11-5-3-4-10(8-11)9-15-16-12(14)17-18-6-1-2-7-18/h3-5,8H,1-2,6-7,9,13H2,(H2,14,17). The van der Waals surface area contributed by atoms with Gasteiger partial charge in [0.15, 0.2) is 0 Å². The zero-order chi connectivity index (χ0) is 12.8. The molecule has 2 rings (SSSR count). The maximum absolute atomic E-state index is 5.67. The number of guanidine groups is 1. The Morgan fingerprint density at radius 2 is 2.06 bits per heavy atom. The zero-order valence-electron chi connectivity index (χ0n) is 10.3. The van der Waals surface area contributed by atoms with Crippen molar-refractivity contribution in [2.75, 3.05) is 18.8 Å². The van der Waals surface area contributed by atoms with E-state index in [2.05, 4.69) is 15.3 Å². The van der Waals surface area contributed by atoms with Gasteiger partial charge in [0.05, 0.1) is 6.54 Å². The summed E-state index contributed by atoms with van der Waals surface area (Å²) in [4.78, 5) is 0. The minimum atomic E-state index is 0.209. The van der Waals surface area contributed by atoms with E-state index in [9.17, 15) is 0 Å². The van der Waals surface area contributed by atoms with Gasteiger partial charge in [0.1, 0.15) is 0 Å². The number of nitrogens with zero attached hydrogens (tertiary/aromatic N) is 4. The van der Waals surface area contributed by atoms with Crippen molar-refractivity contribution in [3.63, 3.8) is 0 Å². The molecule has 0 aromatic heterocycles. The lowest BCUT2D eigenvalue weighted by atomic mass is 10.2. The van der Waals surface area contributed by atoms with Crippen molar-refractivity contribution in [2.24, 2.45) is 21.1 Å². The topological polar surface area (TPSA) is 92.4 Å². The minimum Gasteiger partial charge on any atom is -0.399 e. The fraction of sp³-hybridized carbons (Fsp3) is 0.417. The number of hydrogen-bond donors (Lipinski definition) is 2. The summed E-state index contributed by atoms with van der Waals surface area (Å²) in [5.74, 6) is 0.209. The van der Waals surface area contributed by atoms with Crippen LogP contribution >= 0.6 is 0 Å². The molecule has 96 valence electrons. The highest BCUT2D eigenvalue weighted by Gasteiger charge is 2.08. The van der Waals surface area contributed by atoms with Crippen molar-refractivity contribution in [3.05, 3.63) is 29.8 Å². The number of hydrazone groups is 1. The van der Waals surface area contributed by atoms with Crippen molar-refractivity contribution in [1.29, 1.82) is 0 Å². The van der Waals surface area contributed by atoms with Crippen LogP contribution in [0.4, 0.5) is 5.69 Å². The third-order valence-electron chi connectivity index (χ3n) is 2.70. The van der Waals surface area contributed by atoms with Gasteiger partial charge in [-0.25, -0.2) is 0 Å². The Kier molecular flexibility index (Phi) is 4.11. The fourth-order valence-electron chi connectivity index (χ4n) is 1.85. The highest BCUT2D eigenvalue weighted by atomic mass is 15.5. The van der Waals surface area contributed by atoms with Gasteiger partial charge in [-0.1, -0.05) is 12.1 Å². The van der Waals surface area contributed by atoms with E-state index in [4.69, 9.17) is 11.5 Å². The molecule has 6 nitrogen and oxygen atoms in total. The Hall–Kier alpha value is -2.11. The van der Waals surface area contributed by atoms with Crippen LogP contribution in [0.15, 0.2) is 39.6 Å². The molecule has 6 heteroatoms. The lowest BCUT2D eigenvalue weighted by Crippen LogP contribution is -2.18. The van der Waals surface area contributed by atoms with E-state index in [1.807, 2.05) is 29.3 Å². The summed E-state index contributed by atoms with van der Waals surface area (Å²) in [5, 5.41) is 14.0. The molecule has 0 radical (unpaired) electrons. The minimum absolute atomic E-state index is 0.209. The summed E-state index contributed by atoms with van der Waals surface area (Å²) in [5.41, 5.74) is 13.1. The summed E-state index contributed by atoms with van der Waals surface area (Å²) in [6, 6.07) is 7.54. The number of nitrogens with two attached hydrogens (primary N) is 2. The van der Waals surface area contributed by atoms with Gasteiger partial charge in [0.25, 0.3) is 5.96 Å². The van der Waals surface area contributed by atoms with Crippen LogP contribution < -0.4 is 11.5 Å². The number of rotatable bonds is 3. The van der Waals surface area contributed by atoms with Gasteiger partial charge in [0, 0.05) is 18.8 Å². The zero-order valence-corrected chi connectivity index (χ0v) is 10.3. The molecule has 0 spiro atoms. The molecular formula is C12H18N6. The monoisotopic (exact) mass is 246 g/mol. The molecule has 0 amide bonds. The van der Waals surface area contributed by atoms with Crippen LogP contribution in [0.2, 0.25) is 0 Å². The van der Waals surface area contributed by atoms with Gasteiger partial charge in [-0.3, -0.25) is 5.01 Å². The first kappa shape index (κ1) is 12.3. The van der Waals surface area contributed by atoms with E-state index in [1.165, 1.54) is 0 Å². The molecule has 1 fully saturated rings. The second-order valence-electron chi connectivity index (χ2n) is 4.26. The molecule has 1 saturated heterocycles. The maximum atomic E-state index is 5.67. The van der Waals surface area contributed by atoms with Gasteiger partial charge in [-0.2, -0.15) is 5.11 Å². The summed E-state index contributed by atoms with van der Waals surface area (Å²) >= 11 is 0. The molecule has 1 aromatic rings. The normalized spacial score (nSPS) is 16.7. The van der Waals surface area contributed by atoms with E-state index in [0.29, 0.717) is 6.54 Å². The second kappa shape index (κ2) is 6.00. The average Bonchev–Trinajstić information content (AvgIpc) is 2.82. The molecule has 1 aromatic carbocycles.